The first-order valence-corrected chi connectivity index (χ1v) is 12.4. The molecule has 11 heteroatoms. The van der Waals surface area contributed by atoms with Crippen molar-refractivity contribution in [1.29, 1.82) is 0 Å². The van der Waals surface area contributed by atoms with Crippen LogP contribution in [0.2, 0.25) is 5.02 Å². The molecule has 2 aromatic carbocycles. The zero-order valence-corrected chi connectivity index (χ0v) is 20.2. The van der Waals surface area contributed by atoms with E-state index in [1.807, 2.05) is 0 Å². The molecule has 1 amide bonds. The van der Waals surface area contributed by atoms with Gasteiger partial charge in [-0.25, -0.2) is 18.4 Å². The summed E-state index contributed by atoms with van der Waals surface area (Å²) >= 11 is 9.40. The van der Waals surface area contributed by atoms with Gasteiger partial charge in [0.1, 0.15) is 5.58 Å². The number of benzene rings is 2. The van der Waals surface area contributed by atoms with Gasteiger partial charge in [-0.05, 0) is 36.4 Å². The quantitative estimate of drug-likeness (QED) is 0.268. The summed E-state index contributed by atoms with van der Waals surface area (Å²) in [6.45, 7) is 1.44. The van der Waals surface area contributed by atoms with Crippen molar-refractivity contribution in [3.63, 3.8) is 0 Å². The van der Waals surface area contributed by atoms with Crippen LogP contribution < -0.4 is 5.32 Å². The number of carbonyl (C=O) groups excluding carboxylic acids is 2. The number of para-hydroxylation sites is 1. The van der Waals surface area contributed by atoms with E-state index >= 15 is 0 Å². The average molecular weight is 549 g/mol. The van der Waals surface area contributed by atoms with Crippen LogP contribution in [0, 0.1) is 0 Å². The third-order valence-electron chi connectivity index (χ3n) is 4.74. The van der Waals surface area contributed by atoms with Gasteiger partial charge in [-0.15, -0.1) is 0 Å². The number of halogens is 2. The SMILES string of the molecule is CCS(=O)(=O)c1ncc(Cl)c(C(=O)Nc2c(C(=O)c3ccc(Br)cc3)oc3ccccc23)n1. The maximum atomic E-state index is 13.2. The van der Waals surface area contributed by atoms with Gasteiger partial charge in [-0.2, -0.15) is 0 Å². The molecular formula is C22H15BrClN3O5S. The lowest BCUT2D eigenvalue weighted by atomic mass is 10.1. The van der Waals surface area contributed by atoms with Crippen LogP contribution in [0.25, 0.3) is 11.0 Å². The van der Waals surface area contributed by atoms with Crippen LogP contribution >= 0.6 is 27.5 Å². The summed E-state index contributed by atoms with van der Waals surface area (Å²) in [6.07, 6.45) is 1.05. The highest BCUT2D eigenvalue weighted by Gasteiger charge is 2.26. The Kier molecular flexibility index (Phi) is 6.33. The number of nitrogens with zero attached hydrogens (tertiary/aromatic N) is 2. The second-order valence-corrected chi connectivity index (χ2v) is 10.3. The fraction of sp³-hybridized carbons (Fsp3) is 0.0909. The van der Waals surface area contributed by atoms with Gasteiger partial charge in [-0.3, -0.25) is 9.59 Å². The maximum absolute atomic E-state index is 13.2. The van der Waals surface area contributed by atoms with Crippen molar-refractivity contribution < 1.29 is 22.4 Å². The highest BCUT2D eigenvalue weighted by Crippen LogP contribution is 2.33. The summed E-state index contributed by atoms with van der Waals surface area (Å²) in [4.78, 5) is 33.8. The smallest absolute Gasteiger partial charge is 0.276 e. The molecule has 0 aliphatic heterocycles. The van der Waals surface area contributed by atoms with Gasteiger partial charge >= 0.3 is 0 Å². The van der Waals surface area contributed by atoms with Gasteiger partial charge in [0, 0.05) is 15.4 Å². The minimum Gasteiger partial charge on any atom is -0.450 e. The van der Waals surface area contributed by atoms with Crippen molar-refractivity contribution in [1.82, 2.24) is 9.97 Å². The number of aromatic nitrogens is 2. The van der Waals surface area contributed by atoms with E-state index in [-0.39, 0.29) is 27.9 Å². The summed E-state index contributed by atoms with van der Waals surface area (Å²) in [5.74, 6) is -1.59. The number of ketones is 1. The molecular weight excluding hydrogens is 534 g/mol. The van der Waals surface area contributed by atoms with Gasteiger partial charge in [-0.1, -0.05) is 46.6 Å². The summed E-state index contributed by atoms with van der Waals surface area (Å²) in [5, 5.41) is 2.45. The summed E-state index contributed by atoms with van der Waals surface area (Å²) in [5.41, 5.74) is 0.518. The molecule has 1 N–H and O–H groups in total. The second kappa shape index (κ2) is 9.05. The molecule has 0 spiro atoms. The molecule has 4 aromatic rings. The molecule has 168 valence electrons. The largest absolute Gasteiger partial charge is 0.450 e. The van der Waals surface area contributed by atoms with Crippen molar-refractivity contribution in [2.45, 2.75) is 12.1 Å². The molecule has 0 unspecified atom stereocenters. The molecule has 0 saturated carbocycles. The molecule has 2 heterocycles. The third-order valence-corrected chi connectivity index (χ3v) is 7.06. The zero-order chi connectivity index (χ0) is 23.8. The molecule has 4 rings (SSSR count). The molecule has 0 aliphatic rings. The first-order chi connectivity index (χ1) is 15.7. The Morgan fingerprint density at radius 3 is 2.52 bits per heavy atom. The zero-order valence-electron chi connectivity index (χ0n) is 17.0. The Bertz CT molecular complexity index is 1500. The Hall–Kier alpha value is -3.08. The van der Waals surface area contributed by atoms with Crippen LogP contribution in [0.3, 0.4) is 0 Å². The van der Waals surface area contributed by atoms with E-state index in [1.54, 1.807) is 48.5 Å². The number of carbonyl (C=O) groups is 2. The van der Waals surface area contributed by atoms with Crippen LogP contribution in [-0.2, 0) is 9.84 Å². The predicted molar refractivity (Wildman–Crippen MR) is 127 cm³/mol. The Balaban J connectivity index is 1.79. The molecule has 0 aliphatic carbocycles. The van der Waals surface area contributed by atoms with E-state index in [9.17, 15) is 18.0 Å². The molecule has 0 saturated heterocycles. The number of amides is 1. The summed E-state index contributed by atoms with van der Waals surface area (Å²) < 4.78 is 30.9. The Morgan fingerprint density at radius 1 is 1.12 bits per heavy atom. The fourth-order valence-corrected chi connectivity index (χ4v) is 4.17. The molecule has 0 radical (unpaired) electrons. The maximum Gasteiger partial charge on any atom is 0.276 e. The summed E-state index contributed by atoms with van der Waals surface area (Å²) in [7, 11) is -3.77. The van der Waals surface area contributed by atoms with Gasteiger partial charge in [0.2, 0.25) is 20.8 Å². The normalized spacial score (nSPS) is 11.5. The lowest BCUT2D eigenvalue weighted by Gasteiger charge is -2.08. The van der Waals surface area contributed by atoms with Gasteiger partial charge in [0.05, 0.1) is 22.7 Å². The Labute approximate surface area is 202 Å². The average Bonchev–Trinajstić information content (AvgIpc) is 3.17. The topological polar surface area (TPSA) is 119 Å². The van der Waals surface area contributed by atoms with E-state index in [0.29, 0.717) is 16.5 Å². The van der Waals surface area contributed by atoms with Crippen molar-refractivity contribution >= 4 is 65.7 Å². The number of hydrogen-bond acceptors (Lipinski definition) is 7. The van der Waals surface area contributed by atoms with E-state index in [2.05, 4.69) is 31.2 Å². The molecule has 8 nitrogen and oxygen atoms in total. The lowest BCUT2D eigenvalue weighted by Crippen LogP contribution is -2.19. The first kappa shape index (κ1) is 23.1. The highest BCUT2D eigenvalue weighted by atomic mass is 79.9. The predicted octanol–water partition coefficient (Wildman–Crippen LogP) is 4.92. The second-order valence-electron chi connectivity index (χ2n) is 6.85. The number of fused-ring (bicyclic) bond motifs is 1. The van der Waals surface area contributed by atoms with Crippen molar-refractivity contribution in [2.24, 2.45) is 0 Å². The molecule has 0 atom stereocenters. The number of hydrogen-bond donors (Lipinski definition) is 1. The number of rotatable bonds is 6. The van der Waals surface area contributed by atoms with Crippen molar-refractivity contribution in [3.05, 3.63) is 81.2 Å². The lowest BCUT2D eigenvalue weighted by molar-refractivity contribution is 0.101. The van der Waals surface area contributed by atoms with E-state index in [4.69, 9.17) is 16.0 Å². The highest BCUT2D eigenvalue weighted by molar-refractivity contribution is 9.10. The molecule has 0 fully saturated rings. The minimum absolute atomic E-state index is 0.0848. The van der Waals surface area contributed by atoms with Crippen molar-refractivity contribution in [2.75, 3.05) is 11.1 Å². The van der Waals surface area contributed by atoms with Gasteiger partial charge in [0.25, 0.3) is 5.91 Å². The molecule has 33 heavy (non-hydrogen) atoms. The van der Waals surface area contributed by atoms with Crippen LogP contribution in [0.4, 0.5) is 5.69 Å². The van der Waals surface area contributed by atoms with Crippen LogP contribution in [0.5, 0.6) is 0 Å². The first-order valence-electron chi connectivity index (χ1n) is 9.59. The Morgan fingerprint density at radius 2 is 1.82 bits per heavy atom. The van der Waals surface area contributed by atoms with Gasteiger partial charge < -0.3 is 9.73 Å². The number of nitrogens with one attached hydrogen (secondary N) is 1. The standard InChI is InChI=1S/C22H15BrClN3O5S/c1-2-33(30,31)22-25-11-15(24)18(27-22)21(29)26-17-14-5-3-4-6-16(14)32-20(17)19(28)12-7-9-13(23)10-8-12/h3-11H,2H2,1H3,(H,26,29). The van der Waals surface area contributed by atoms with Crippen LogP contribution in [-0.4, -0.2) is 35.8 Å². The number of anilines is 1. The summed E-state index contributed by atoms with van der Waals surface area (Å²) in [6, 6.07) is 13.5. The van der Waals surface area contributed by atoms with E-state index < -0.39 is 26.7 Å². The van der Waals surface area contributed by atoms with E-state index in [1.165, 1.54) is 6.92 Å². The fourth-order valence-electron chi connectivity index (χ4n) is 3.02. The number of sulfone groups is 1. The molecule has 2 aromatic heterocycles. The van der Waals surface area contributed by atoms with Gasteiger partial charge in [0.15, 0.2) is 11.5 Å². The van der Waals surface area contributed by atoms with E-state index in [0.717, 1.165) is 10.7 Å². The van der Waals surface area contributed by atoms with Crippen LogP contribution in [0.15, 0.2) is 68.8 Å². The minimum atomic E-state index is -3.77. The molecule has 0 bridgehead atoms. The van der Waals surface area contributed by atoms with Crippen LogP contribution in [0.1, 0.15) is 33.5 Å². The third kappa shape index (κ3) is 4.54. The monoisotopic (exact) mass is 547 g/mol. The number of furan rings is 1. The van der Waals surface area contributed by atoms with Crippen molar-refractivity contribution in [3.8, 4) is 0 Å².